The fourth-order valence-corrected chi connectivity index (χ4v) is 3.86. The van der Waals surface area contributed by atoms with Crippen LogP contribution in [0.4, 0.5) is 17.1 Å². The summed E-state index contributed by atoms with van der Waals surface area (Å²) in [5, 5.41) is 0.557. The van der Waals surface area contributed by atoms with Crippen LogP contribution in [0.1, 0.15) is 11.7 Å². The van der Waals surface area contributed by atoms with Gasteiger partial charge < -0.3 is 4.74 Å². The number of rotatable bonds is 4. The Morgan fingerprint density at radius 3 is 2.34 bits per heavy atom. The molecule has 0 aromatic heterocycles. The predicted molar refractivity (Wildman–Crippen MR) is 113 cm³/mol. The van der Waals surface area contributed by atoms with E-state index in [0.717, 1.165) is 6.26 Å². The van der Waals surface area contributed by atoms with Crippen LogP contribution in [0.2, 0.25) is 5.02 Å². The second-order valence-corrected chi connectivity index (χ2v) is 8.80. The Balaban J connectivity index is 1.84. The third kappa shape index (κ3) is 4.06. The smallest absolute Gasteiger partial charge is 0.277 e. The van der Waals surface area contributed by atoms with Gasteiger partial charge in [-0.3, -0.25) is 14.4 Å². The van der Waals surface area contributed by atoms with E-state index in [2.05, 4.69) is 4.72 Å². The van der Waals surface area contributed by atoms with Crippen molar-refractivity contribution in [3.63, 3.8) is 0 Å². The highest BCUT2D eigenvalue weighted by atomic mass is 35.5. The van der Waals surface area contributed by atoms with E-state index < -0.39 is 16.1 Å². The first-order chi connectivity index (χ1) is 13.8. The van der Waals surface area contributed by atoms with Gasteiger partial charge in [0.25, 0.3) is 5.91 Å². The van der Waals surface area contributed by atoms with Crippen LogP contribution >= 0.6 is 11.6 Å². The van der Waals surface area contributed by atoms with Gasteiger partial charge in [-0.2, -0.15) is 0 Å². The number of fused-ring (bicyclic) bond motifs is 1. The first kappa shape index (κ1) is 19.3. The fourth-order valence-electron chi connectivity index (χ4n) is 3.18. The predicted octanol–water partition coefficient (Wildman–Crippen LogP) is 4.51. The molecule has 29 heavy (non-hydrogen) atoms. The molecule has 4 rings (SSSR count). The molecule has 0 bridgehead atoms. The third-order valence-corrected chi connectivity index (χ3v) is 5.24. The molecule has 0 aliphatic carbocycles. The van der Waals surface area contributed by atoms with Crippen molar-refractivity contribution in [1.29, 1.82) is 0 Å². The van der Waals surface area contributed by atoms with Crippen molar-refractivity contribution in [3.8, 4) is 5.75 Å². The molecule has 0 spiro atoms. The number of carbonyl (C=O) groups excluding carboxylic acids is 1. The Hall–Kier alpha value is -3.03. The molecule has 1 aliphatic rings. The molecular formula is C21H17ClN2O4S. The maximum absolute atomic E-state index is 13.3. The van der Waals surface area contributed by atoms with Crippen LogP contribution in [-0.4, -0.2) is 20.6 Å². The summed E-state index contributed by atoms with van der Waals surface area (Å²) in [7, 11) is -3.45. The molecule has 1 N–H and O–H groups in total. The third-order valence-electron chi connectivity index (χ3n) is 4.38. The lowest BCUT2D eigenvalue weighted by molar-refractivity contribution is -0.125. The number of carbonyl (C=O) groups is 1. The average Bonchev–Trinajstić information content (AvgIpc) is 2.68. The molecular weight excluding hydrogens is 412 g/mol. The summed E-state index contributed by atoms with van der Waals surface area (Å²) < 4.78 is 31.6. The SMILES string of the molecule is CS(=O)(=O)Nc1ccc2c(c1)OC(c1ccccc1)C(=O)N2c1ccc(Cl)cc1. The first-order valence-corrected chi connectivity index (χ1v) is 11.0. The van der Waals surface area contributed by atoms with Crippen LogP contribution in [-0.2, 0) is 14.8 Å². The summed E-state index contributed by atoms with van der Waals surface area (Å²) >= 11 is 6.00. The number of amides is 1. The zero-order valence-corrected chi connectivity index (χ0v) is 16.9. The van der Waals surface area contributed by atoms with Gasteiger partial charge >= 0.3 is 0 Å². The van der Waals surface area contributed by atoms with E-state index >= 15 is 0 Å². The van der Waals surface area contributed by atoms with Crippen molar-refractivity contribution in [1.82, 2.24) is 0 Å². The van der Waals surface area contributed by atoms with E-state index in [1.54, 1.807) is 47.4 Å². The highest BCUT2D eigenvalue weighted by Crippen LogP contribution is 2.44. The fraction of sp³-hybridized carbons (Fsp3) is 0.0952. The Kier molecular flexibility index (Phi) is 4.94. The lowest BCUT2D eigenvalue weighted by Crippen LogP contribution is -2.38. The maximum atomic E-state index is 13.3. The summed E-state index contributed by atoms with van der Waals surface area (Å²) in [5.41, 5.74) is 2.20. The highest BCUT2D eigenvalue weighted by Gasteiger charge is 2.36. The van der Waals surface area contributed by atoms with E-state index in [4.69, 9.17) is 16.3 Å². The number of ether oxygens (including phenoxy) is 1. The standard InChI is InChI=1S/C21H17ClN2O4S/c1-29(26,27)23-16-9-12-18-19(13-16)28-20(14-5-3-2-4-6-14)21(25)24(18)17-10-7-15(22)8-11-17/h2-13,20,23H,1H3. The van der Waals surface area contributed by atoms with E-state index in [1.807, 2.05) is 30.3 Å². The first-order valence-electron chi connectivity index (χ1n) is 8.75. The molecule has 1 unspecified atom stereocenters. The van der Waals surface area contributed by atoms with Crippen LogP contribution in [0.5, 0.6) is 5.75 Å². The number of benzene rings is 3. The molecule has 0 radical (unpaired) electrons. The summed E-state index contributed by atoms with van der Waals surface area (Å²) in [6.45, 7) is 0. The molecule has 1 aliphatic heterocycles. The number of nitrogens with one attached hydrogen (secondary N) is 1. The summed E-state index contributed by atoms with van der Waals surface area (Å²) in [4.78, 5) is 14.9. The van der Waals surface area contributed by atoms with Gasteiger partial charge in [0, 0.05) is 22.3 Å². The van der Waals surface area contributed by atoms with Crippen LogP contribution < -0.4 is 14.4 Å². The van der Waals surface area contributed by atoms with Crippen molar-refractivity contribution in [2.24, 2.45) is 0 Å². The molecule has 0 saturated carbocycles. The van der Waals surface area contributed by atoms with Gasteiger partial charge in [0.15, 0.2) is 0 Å². The summed E-state index contributed by atoms with van der Waals surface area (Å²) in [5.74, 6) is 0.136. The normalized spacial score (nSPS) is 16.1. The average molecular weight is 429 g/mol. The van der Waals surface area contributed by atoms with Gasteiger partial charge in [-0.15, -0.1) is 0 Å². The number of halogens is 1. The van der Waals surface area contributed by atoms with Gasteiger partial charge in [-0.05, 0) is 36.4 Å². The molecule has 0 saturated heterocycles. The van der Waals surface area contributed by atoms with Crippen molar-refractivity contribution in [2.45, 2.75) is 6.10 Å². The highest BCUT2D eigenvalue weighted by molar-refractivity contribution is 7.92. The molecule has 1 heterocycles. The molecule has 148 valence electrons. The van der Waals surface area contributed by atoms with Crippen molar-refractivity contribution in [2.75, 3.05) is 15.9 Å². The molecule has 3 aromatic carbocycles. The van der Waals surface area contributed by atoms with Crippen LogP contribution in [0, 0.1) is 0 Å². The Morgan fingerprint density at radius 1 is 1.00 bits per heavy atom. The van der Waals surface area contributed by atoms with Crippen LogP contribution in [0.3, 0.4) is 0 Å². The molecule has 1 amide bonds. The summed E-state index contributed by atoms with van der Waals surface area (Å²) in [6, 6.07) is 20.9. The minimum absolute atomic E-state index is 0.255. The quantitative estimate of drug-likeness (QED) is 0.663. The van der Waals surface area contributed by atoms with E-state index in [1.165, 1.54) is 0 Å². The van der Waals surface area contributed by atoms with Gasteiger partial charge in [0.2, 0.25) is 16.1 Å². The number of anilines is 3. The monoisotopic (exact) mass is 428 g/mol. The van der Waals surface area contributed by atoms with Gasteiger partial charge in [0.05, 0.1) is 17.6 Å². The Morgan fingerprint density at radius 2 is 1.69 bits per heavy atom. The van der Waals surface area contributed by atoms with Crippen molar-refractivity contribution < 1.29 is 17.9 Å². The number of hydrogen-bond donors (Lipinski definition) is 1. The van der Waals surface area contributed by atoms with E-state index in [-0.39, 0.29) is 5.91 Å². The van der Waals surface area contributed by atoms with Crippen LogP contribution in [0.25, 0.3) is 0 Å². The van der Waals surface area contributed by atoms with Crippen molar-refractivity contribution in [3.05, 3.63) is 83.4 Å². The zero-order valence-electron chi connectivity index (χ0n) is 15.4. The lowest BCUT2D eigenvalue weighted by atomic mass is 10.0. The second-order valence-electron chi connectivity index (χ2n) is 6.62. The van der Waals surface area contributed by atoms with Crippen molar-refractivity contribution >= 4 is 44.6 Å². The Labute approximate surface area is 173 Å². The topological polar surface area (TPSA) is 75.7 Å². The summed E-state index contributed by atoms with van der Waals surface area (Å²) in [6.07, 6.45) is 0.205. The van der Waals surface area contributed by atoms with E-state index in [9.17, 15) is 13.2 Å². The molecule has 3 aromatic rings. The molecule has 0 fully saturated rings. The van der Waals surface area contributed by atoms with Crippen LogP contribution in [0.15, 0.2) is 72.8 Å². The molecule has 6 nitrogen and oxygen atoms in total. The Bertz CT molecular complexity index is 1170. The zero-order chi connectivity index (χ0) is 20.6. The van der Waals surface area contributed by atoms with Gasteiger partial charge in [0.1, 0.15) is 5.75 Å². The van der Waals surface area contributed by atoms with Gasteiger partial charge in [-0.1, -0.05) is 41.9 Å². The second kappa shape index (κ2) is 7.42. The number of hydrogen-bond acceptors (Lipinski definition) is 4. The lowest BCUT2D eigenvalue weighted by Gasteiger charge is -2.35. The van der Waals surface area contributed by atoms with Gasteiger partial charge in [-0.25, -0.2) is 8.42 Å². The van der Waals surface area contributed by atoms with E-state index in [0.29, 0.717) is 33.4 Å². The minimum atomic E-state index is -3.45. The number of nitrogens with zero attached hydrogens (tertiary/aromatic N) is 1. The minimum Gasteiger partial charge on any atom is -0.474 e. The largest absolute Gasteiger partial charge is 0.474 e. The molecule has 1 atom stereocenters. The number of sulfonamides is 1. The maximum Gasteiger partial charge on any atom is 0.277 e. The molecule has 8 heteroatoms.